The molecule has 2 fully saturated rings. The van der Waals surface area contributed by atoms with Crippen molar-refractivity contribution in [1.29, 1.82) is 0 Å². The highest BCUT2D eigenvalue weighted by molar-refractivity contribution is 5.83. The smallest absolute Gasteiger partial charge is 0.302 e. The van der Waals surface area contributed by atoms with Crippen LogP contribution >= 0.6 is 0 Å². The Morgan fingerprint density at radius 2 is 1.94 bits per heavy atom. The molecular weight excluding hydrogens is 468 g/mol. The van der Waals surface area contributed by atoms with Gasteiger partial charge < -0.3 is 30.7 Å². The quantitative estimate of drug-likeness (QED) is 0.318. The van der Waals surface area contributed by atoms with Crippen molar-refractivity contribution in [2.75, 3.05) is 18.9 Å². The van der Waals surface area contributed by atoms with Crippen LogP contribution in [0.1, 0.15) is 58.0 Å². The molecule has 1 amide bonds. The fourth-order valence-electron chi connectivity index (χ4n) is 4.67. The van der Waals surface area contributed by atoms with Crippen LogP contribution in [0.3, 0.4) is 0 Å². The number of nitrogens with one attached hydrogen (secondary N) is 1. The third-order valence-electron chi connectivity index (χ3n) is 6.65. The number of carbonyl (C=O) groups is 2. The molecule has 3 heterocycles. The lowest BCUT2D eigenvalue weighted by molar-refractivity contribution is -0.142. The number of hydrogen-bond acceptors (Lipinski definition) is 10. The molecule has 1 saturated heterocycles. The number of aliphatic hydroxyl groups excluding tert-OH is 2. The van der Waals surface area contributed by atoms with Crippen molar-refractivity contribution in [3.05, 3.63) is 12.2 Å². The number of aromatic nitrogens is 4. The number of amides is 1. The Hall–Kier alpha value is -3.27. The summed E-state index contributed by atoms with van der Waals surface area (Å²) in [5.74, 6) is 6.54. The van der Waals surface area contributed by atoms with Crippen molar-refractivity contribution in [1.82, 2.24) is 24.8 Å². The molecule has 2 aromatic rings. The van der Waals surface area contributed by atoms with E-state index < -0.39 is 30.4 Å². The minimum Gasteiger partial charge on any atom is -0.466 e. The first-order chi connectivity index (χ1) is 17.3. The summed E-state index contributed by atoms with van der Waals surface area (Å²) >= 11 is 0. The van der Waals surface area contributed by atoms with Gasteiger partial charge in [-0.2, -0.15) is 0 Å². The third kappa shape index (κ3) is 5.59. The molecule has 1 saturated carbocycles. The van der Waals surface area contributed by atoms with Crippen molar-refractivity contribution in [3.63, 3.8) is 0 Å². The van der Waals surface area contributed by atoms with Gasteiger partial charge in [-0.1, -0.05) is 5.92 Å². The molecule has 0 aromatic carbocycles. The zero-order valence-electron chi connectivity index (χ0n) is 20.4. The number of aliphatic hydroxyl groups is 2. The molecule has 4 rings (SSSR count). The Labute approximate surface area is 208 Å². The first-order valence-corrected chi connectivity index (χ1v) is 12.2. The summed E-state index contributed by atoms with van der Waals surface area (Å²) in [7, 11) is 0. The summed E-state index contributed by atoms with van der Waals surface area (Å²) in [6.45, 7) is 4.02. The van der Waals surface area contributed by atoms with Crippen LogP contribution in [0.5, 0.6) is 0 Å². The molecule has 2 aromatic heterocycles. The fourth-order valence-corrected chi connectivity index (χ4v) is 4.67. The van der Waals surface area contributed by atoms with Crippen molar-refractivity contribution in [3.8, 4) is 11.8 Å². The minimum atomic E-state index is -1.42. The lowest BCUT2D eigenvalue weighted by Gasteiger charge is -2.26. The van der Waals surface area contributed by atoms with Gasteiger partial charge in [-0.05, 0) is 50.4 Å². The third-order valence-corrected chi connectivity index (χ3v) is 6.65. The number of rotatable bonds is 6. The van der Waals surface area contributed by atoms with Gasteiger partial charge in [0, 0.05) is 19.9 Å². The Bertz CT molecular complexity index is 1170. The van der Waals surface area contributed by atoms with Crippen LogP contribution in [0.2, 0.25) is 0 Å². The standard InChI is InChI=1S/C24H32N6O6/c1-3-26-23(34)20-18(32)19(33)24(36-20)30-12-27-17-21(25)28-16(29-22(17)30)6-4-5-14-7-9-15(10-8-14)11-35-13(2)31/h12,14-15,18-20,24,32-33H,3,5,7-11H2,1-2H3,(H,26,34)(H2,25,28,29)/t14-,15-,18-,19+,20-,24+/m0/s1. The summed E-state index contributed by atoms with van der Waals surface area (Å²) in [6.07, 6.45) is 0.983. The molecule has 12 nitrogen and oxygen atoms in total. The number of carbonyl (C=O) groups excluding carboxylic acids is 2. The average Bonchev–Trinajstić information content (AvgIpc) is 3.40. The molecule has 0 spiro atoms. The number of ether oxygens (including phenoxy) is 2. The number of fused-ring (bicyclic) bond motifs is 1. The van der Waals surface area contributed by atoms with E-state index in [0.717, 1.165) is 25.7 Å². The summed E-state index contributed by atoms with van der Waals surface area (Å²) in [5, 5.41) is 23.5. The van der Waals surface area contributed by atoms with Crippen LogP contribution in [-0.4, -0.2) is 73.1 Å². The van der Waals surface area contributed by atoms with Gasteiger partial charge in [-0.3, -0.25) is 14.2 Å². The highest BCUT2D eigenvalue weighted by Gasteiger charge is 2.47. The van der Waals surface area contributed by atoms with E-state index in [2.05, 4.69) is 32.1 Å². The second-order valence-corrected chi connectivity index (χ2v) is 9.27. The van der Waals surface area contributed by atoms with Gasteiger partial charge in [0.1, 0.15) is 17.7 Å². The lowest BCUT2D eigenvalue weighted by Crippen LogP contribution is -2.42. The van der Waals surface area contributed by atoms with E-state index in [9.17, 15) is 19.8 Å². The molecule has 194 valence electrons. The highest BCUT2D eigenvalue weighted by Crippen LogP contribution is 2.33. The van der Waals surface area contributed by atoms with E-state index in [1.807, 2.05) is 0 Å². The number of anilines is 1. The predicted octanol–water partition coefficient (Wildman–Crippen LogP) is 0.275. The number of nitrogens with two attached hydrogens (primary N) is 1. The summed E-state index contributed by atoms with van der Waals surface area (Å²) in [6, 6.07) is 0. The summed E-state index contributed by atoms with van der Waals surface area (Å²) in [4.78, 5) is 36.1. The molecule has 5 N–H and O–H groups in total. The normalized spacial score (nSPS) is 27.9. The predicted molar refractivity (Wildman–Crippen MR) is 128 cm³/mol. The molecule has 1 aliphatic heterocycles. The van der Waals surface area contributed by atoms with Crippen LogP contribution in [0.4, 0.5) is 5.82 Å². The van der Waals surface area contributed by atoms with Crippen molar-refractivity contribution < 1.29 is 29.3 Å². The Kier molecular flexibility index (Phi) is 8.03. The van der Waals surface area contributed by atoms with E-state index >= 15 is 0 Å². The number of nitrogens with zero attached hydrogens (tertiary/aromatic N) is 4. The molecule has 12 heteroatoms. The topological polar surface area (TPSA) is 175 Å². The Morgan fingerprint density at radius 3 is 2.64 bits per heavy atom. The van der Waals surface area contributed by atoms with Crippen molar-refractivity contribution >= 4 is 28.9 Å². The van der Waals surface area contributed by atoms with E-state index in [-0.39, 0.29) is 23.3 Å². The number of likely N-dealkylation sites (N-methyl/N-ethyl adjacent to an activating group) is 1. The van der Waals surface area contributed by atoms with Gasteiger partial charge >= 0.3 is 5.97 Å². The number of nitrogen functional groups attached to an aromatic ring is 1. The average molecular weight is 501 g/mol. The van der Waals surface area contributed by atoms with Gasteiger partial charge in [-0.25, -0.2) is 15.0 Å². The van der Waals surface area contributed by atoms with Crippen LogP contribution in [0.25, 0.3) is 11.2 Å². The fraction of sp³-hybridized carbons (Fsp3) is 0.625. The summed E-state index contributed by atoms with van der Waals surface area (Å²) in [5.41, 5.74) is 6.67. The van der Waals surface area contributed by atoms with Crippen LogP contribution in [-0.2, 0) is 19.1 Å². The molecule has 2 aliphatic rings. The first kappa shape index (κ1) is 25.8. The Morgan fingerprint density at radius 1 is 1.22 bits per heavy atom. The minimum absolute atomic E-state index is 0.127. The molecule has 4 atom stereocenters. The molecule has 0 radical (unpaired) electrons. The SMILES string of the molecule is CCNC(=O)[C@H]1O[C@@H](n2cnc3c(N)nc(C#CC[C@H]4CC[C@H](COC(C)=O)CC4)nc32)[C@H](O)[C@@H]1O. The number of hydrogen-bond donors (Lipinski definition) is 4. The first-order valence-electron chi connectivity index (χ1n) is 12.2. The van der Waals surface area contributed by atoms with Crippen LogP contribution in [0, 0.1) is 23.7 Å². The summed E-state index contributed by atoms with van der Waals surface area (Å²) < 4.78 is 12.2. The van der Waals surface area contributed by atoms with Gasteiger partial charge in [0.05, 0.1) is 12.9 Å². The van der Waals surface area contributed by atoms with Gasteiger partial charge in [0.15, 0.2) is 23.8 Å². The van der Waals surface area contributed by atoms with Crippen molar-refractivity contribution in [2.24, 2.45) is 11.8 Å². The molecular formula is C24H32N6O6. The second kappa shape index (κ2) is 11.2. The molecule has 0 unspecified atom stereocenters. The number of esters is 1. The van der Waals surface area contributed by atoms with Crippen LogP contribution in [0.15, 0.2) is 6.33 Å². The van der Waals surface area contributed by atoms with E-state index in [4.69, 9.17) is 15.2 Å². The van der Waals surface area contributed by atoms with Crippen LogP contribution < -0.4 is 11.1 Å². The maximum Gasteiger partial charge on any atom is 0.302 e. The highest BCUT2D eigenvalue weighted by atomic mass is 16.6. The maximum absolute atomic E-state index is 12.2. The zero-order chi connectivity index (χ0) is 25.8. The maximum atomic E-state index is 12.2. The largest absolute Gasteiger partial charge is 0.466 e. The van der Waals surface area contributed by atoms with Gasteiger partial charge in [0.25, 0.3) is 5.91 Å². The van der Waals surface area contributed by atoms with Gasteiger partial charge in [-0.15, -0.1) is 0 Å². The lowest BCUT2D eigenvalue weighted by atomic mass is 9.81. The van der Waals surface area contributed by atoms with E-state index in [1.165, 1.54) is 17.8 Å². The molecule has 36 heavy (non-hydrogen) atoms. The monoisotopic (exact) mass is 500 g/mol. The molecule has 0 bridgehead atoms. The second-order valence-electron chi connectivity index (χ2n) is 9.27. The zero-order valence-corrected chi connectivity index (χ0v) is 20.4. The Balaban J connectivity index is 1.45. The van der Waals surface area contributed by atoms with E-state index in [1.54, 1.807) is 6.92 Å². The van der Waals surface area contributed by atoms with Gasteiger partial charge in [0.2, 0.25) is 5.82 Å². The number of imidazole rings is 1. The van der Waals surface area contributed by atoms with Crippen molar-refractivity contribution in [2.45, 2.75) is 70.5 Å². The molecule has 1 aliphatic carbocycles. The van der Waals surface area contributed by atoms with E-state index in [0.29, 0.717) is 36.9 Å².